The summed E-state index contributed by atoms with van der Waals surface area (Å²) in [5.74, 6) is 0.375. The van der Waals surface area contributed by atoms with Gasteiger partial charge in [-0.3, -0.25) is 0 Å². The first-order chi connectivity index (χ1) is 10.2. The average Bonchev–Trinajstić information content (AvgIpc) is 2.36. The van der Waals surface area contributed by atoms with Gasteiger partial charge in [-0.15, -0.1) is 0 Å². The van der Waals surface area contributed by atoms with E-state index in [1.807, 2.05) is 31.2 Å². The average molecular weight is 326 g/mol. The topological polar surface area (TPSA) is 75.3 Å². The van der Waals surface area contributed by atoms with E-state index in [1.54, 1.807) is 0 Å². The molecule has 1 rings (SSSR count). The molecule has 0 heterocycles. The third kappa shape index (κ3) is 6.93. The van der Waals surface area contributed by atoms with Crippen LogP contribution in [0.1, 0.15) is 37.4 Å². The Kier molecular flexibility index (Phi) is 6.87. The number of amides is 2. The lowest BCUT2D eigenvalue weighted by Crippen LogP contribution is -2.40. The molecule has 1 aromatic rings. The Morgan fingerprint density at radius 2 is 1.86 bits per heavy atom. The molecular formula is C16H26N2O3S. The Hall–Kier alpha value is -1.56. The molecule has 0 saturated carbocycles. The molecule has 0 aliphatic heterocycles. The van der Waals surface area contributed by atoms with E-state index in [-0.39, 0.29) is 24.4 Å². The van der Waals surface area contributed by atoms with E-state index in [4.69, 9.17) is 0 Å². The highest BCUT2D eigenvalue weighted by Crippen LogP contribution is 2.23. The van der Waals surface area contributed by atoms with Crippen LogP contribution < -0.4 is 10.6 Å². The molecule has 2 amide bonds. The number of urea groups is 1. The van der Waals surface area contributed by atoms with Crippen molar-refractivity contribution in [1.29, 1.82) is 0 Å². The molecule has 5 nitrogen and oxygen atoms in total. The van der Waals surface area contributed by atoms with E-state index in [9.17, 15) is 13.2 Å². The molecule has 0 spiro atoms. The van der Waals surface area contributed by atoms with E-state index in [0.717, 1.165) is 23.8 Å². The fraction of sp³-hybridized carbons (Fsp3) is 0.562. The number of benzene rings is 1. The molecule has 0 aliphatic carbocycles. The first-order valence-electron chi connectivity index (χ1n) is 7.46. The van der Waals surface area contributed by atoms with Crippen molar-refractivity contribution >= 4 is 15.9 Å². The van der Waals surface area contributed by atoms with Gasteiger partial charge in [0, 0.05) is 12.8 Å². The van der Waals surface area contributed by atoms with Crippen molar-refractivity contribution < 1.29 is 13.2 Å². The maximum Gasteiger partial charge on any atom is 0.315 e. The normalized spacial score (nSPS) is 13.0. The summed E-state index contributed by atoms with van der Waals surface area (Å²) < 4.78 is 22.1. The minimum Gasteiger partial charge on any atom is -0.337 e. The summed E-state index contributed by atoms with van der Waals surface area (Å²) in [4.78, 5) is 12.0. The Labute approximate surface area is 133 Å². The summed E-state index contributed by atoms with van der Waals surface area (Å²) in [6.45, 7) is 6.35. The molecule has 0 saturated heterocycles. The van der Waals surface area contributed by atoms with Crippen LogP contribution in [0.4, 0.5) is 4.79 Å². The molecule has 0 bridgehead atoms. The number of hydrogen-bond acceptors (Lipinski definition) is 3. The molecule has 1 aromatic carbocycles. The Morgan fingerprint density at radius 3 is 2.41 bits per heavy atom. The lowest BCUT2D eigenvalue weighted by Gasteiger charge is -2.23. The van der Waals surface area contributed by atoms with Gasteiger partial charge in [-0.05, 0) is 30.4 Å². The first kappa shape index (κ1) is 18.5. The quantitative estimate of drug-likeness (QED) is 0.808. The Balaban J connectivity index is 2.70. The van der Waals surface area contributed by atoms with Gasteiger partial charge in [0.1, 0.15) is 9.84 Å². The molecule has 0 fully saturated rings. The summed E-state index contributed by atoms with van der Waals surface area (Å²) in [5, 5.41) is 5.55. The van der Waals surface area contributed by atoms with Crippen molar-refractivity contribution in [1.82, 2.24) is 10.6 Å². The van der Waals surface area contributed by atoms with E-state index < -0.39 is 9.84 Å². The van der Waals surface area contributed by atoms with Crippen LogP contribution in [0.25, 0.3) is 0 Å². The zero-order chi connectivity index (χ0) is 16.8. The summed E-state index contributed by atoms with van der Waals surface area (Å²) in [6.07, 6.45) is 1.98. The van der Waals surface area contributed by atoms with Gasteiger partial charge < -0.3 is 10.6 Å². The molecule has 124 valence electrons. The molecule has 2 N–H and O–H groups in total. The van der Waals surface area contributed by atoms with E-state index in [2.05, 4.69) is 24.5 Å². The predicted octanol–water partition coefficient (Wildman–Crippen LogP) is 2.43. The smallest absolute Gasteiger partial charge is 0.315 e. The van der Waals surface area contributed by atoms with Gasteiger partial charge in [0.25, 0.3) is 0 Å². The van der Waals surface area contributed by atoms with Crippen LogP contribution in [-0.4, -0.2) is 33.0 Å². The highest BCUT2D eigenvalue weighted by molar-refractivity contribution is 7.90. The van der Waals surface area contributed by atoms with Crippen molar-refractivity contribution in [2.24, 2.45) is 5.92 Å². The van der Waals surface area contributed by atoms with Crippen LogP contribution in [0.15, 0.2) is 24.3 Å². The van der Waals surface area contributed by atoms with Crippen molar-refractivity contribution in [2.45, 2.75) is 33.2 Å². The van der Waals surface area contributed by atoms with Crippen LogP contribution >= 0.6 is 0 Å². The Morgan fingerprint density at radius 1 is 1.23 bits per heavy atom. The molecule has 22 heavy (non-hydrogen) atoms. The summed E-state index contributed by atoms with van der Waals surface area (Å²) >= 11 is 0. The number of carbonyl (C=O) groups is 1. The second-order valence-electron chi connectivity index (χ2n) is 6.07. The van der Waals surface area contributed by atoms with Crippen molar-refractivity contribution in [3.63, 3.8) is 0 Å². The van der Waals surface area contributed by atoms with Gasteiger partial charge >= 0.3 is 6.03 Å². The largest absolute Gasteiger partial charge is 0.337 e. The number of nitrogens with one attached hydrogen (secondary N) is 2. The number of rotatable bonds is 7. The van der Waals surface area contributed by atoms with E-state index >= 15 is 0 Å². The van der Waals surface area contributed by atoms with Crippen LogP contribution in [0.2, 0.25) is 0 Å². The first-order valence-corrected chi connectivity index (χ1v) is 9.52. The van der Waals surface area contributed by atoms with Gasteiger partial charge in [-0.25, -0.2) is 13.2 Å². The second-order valence-corrected chi connectivity index (χ2v) is 8.33. The zero-order valence-electron chi connectivity index (χ0n) is 13.7. The van der Waals surface area contributed by atoms with Crippen molar-refractivity contribution in [2.75, 3.05) is 18.6 Å². The highest BCUT2D eigenvalue weighted by atomic mass is 32.2. The highest BCUT2D eigenvalue weighted by Gasteiger charge is 2.17. The van der Waals surface area contributed by atoms with Crippen LogP contribution in [-0.2, 0) is 9.84 Å². The molecule has 0 aliphatic rings. The fourth-order valence-electron chi connectivity index (χ4n) is 2.27. The Bertz CT molecular complexity index is 597. The third-order valence-corrected chi connectivity index (χ3v) is 4.28. The van der Waals surface area contributed by atoms with Crippen LogP contribution in [0, 0.1) is 12.8 Å². The lowest BCUT2D eigenvalue weighted by molar-refractivity contribution is 0.235. The molecule has 0 aromatic heterocycles. The monoisotopic (exact) mass is 326 g/mol. The van der Waals surface area contributed by atoms with Gasteiger partial charge in [0.15, 0.2) is 0 Å². The molecule has 6 heteroatoms. The van der Waals surface area contributed by atoms with E-state index in [1.165, 1.54) is 0 Å². The minimum absolute atomic E-state index is 0.0559. The molecule has 0 radical (unpaired) electrons. The van der Waals surface area contributed by atoms with E-state index in [0.29, 0.717) is 5.92 Å². The number of sulfone groups is 1. The van der Waals surface area contributed by atoms with Crippen LogP contribution in [0.5, 0.6) is 0 Å². The SMILES string of the molecule is Cc1ccccc1[C@H](CC(C)C)NC(=O)NCCS(C)(=O)=O. The molecule has 0 unspecified atom stereocenters. The maximum absolute atomic E-state index is 12.0. The predicted molar refractivity (Wildman–Crippen MR) is 89.6 cm³/mol. The number of carbonyl (C=O) groups excluding carboxylic acids is 1. The minimum atomic E-state index is -3.07. The lowest BCUT2D eigenvalue weighted by atomic mass is 9.94. The van der Waals surface area contributed by atoms with Crippen molar-refractivity contribution in [3.8, 4) is 0 Å². The molecular weight excluding hydrogens is 300 g/mol. The van der Waals surface area contributed by atoms with Gasteiger partial charge in [-0.1, -0.05) is 38.1 Å². The summed E-state index contributed by atoms with van der Waals surface area (Å²) in [7, 11) is -3.07. The number of aryl methyl sites for hydroxylation is 1. The van der Waals surface area contributed by atoms with Gasteiger partial charge in [0.2, 0.25) is 0 Å². The third-order valence-electron chi connectivity index (χ3n) is 3.33. The standard InChI is InChI=1S/C16H26N2O3S/c1-12(2)11-15(14-8-6-5-7-13(14)3)18-16(19)17-9-10-22(4,20)21/h5-8,12,15H,9-11H2,1-4H3,(H2,17,18,19)/t15-/m0/s1. The fourth-order valence-corrected chi connectivity index (χ4v) is 2.74. The maximum atomic E-state index is 12.0. The van der Waals surface area contributed by atoms with Gasteiger partial charge in [0.05, 0.1) is 11.8 Å². The van der Waals surface area contributed by atoms with Crippen LogP contribution in [0.3, 0.4) is 0 Å². The summed E-state index contributed by atoms with van der Waals surface area (Å²) in [6, 6.07) is 7.54. The second kappa shape index (κ2) is 8.17. The van der Waals surface area contributed by atoms with Gasteiger partial charge in [-0.2, -0.15) is 0 Å². The van der Waals surface area contributed by atoms with Crippen molar-refractivity contribution in [3.05, 3.63) is 35.4 Å². The summed E-state index contributed by atoms with van der Waals surface area (Å²) in [5.41, 5.74) is 2.22. The molecule has 1 atom stereocenters. The zero-order valence-corrected chi connectivity index (χ0v) is 14.5. The number of hydrogen-bond donors (Lipinski definition) is 2.